The Labute approximate surface area is 116 Å². The lowest BCUT2D eigenvalue weighted by Crippen LogP contribution is -2.45. The number of hydrogen-bond donors (Lipinski definition) is 2. The molecule has 0 radical (unpaired) electrons. The zero-order valence-corrected chi connectivity index (χ0v) is 13.8. The number of aliphatic hydroxyl groups excluding tert-OH is 1. The van der Waals surface area contributed by atoms with Crippen molar-refractivity contribution in [1.82, 2.24) is 4.90 Å². The Kier molecular flexibility index (Phi) is 4.69. The smallest absolute Gasteiger partial charge is 0.407 e. The molecule has 0 bridgehead atoms. The maximum Gasteiger partial charge on any atom is 0.407 e. The van der Waals surface area contributed by atoms with Gasteiger partial charge in [0, 0.05) is 12.5 Å². The van der Waals surface area contributed by atoms with Crippen LogP contribution in [0.15, 0.2) is 0 Å². The molecule has 1 amide bonds. The van der Waals surface area contributed by atoms with Crippen LogP contribution in [0.1, 0.15) is 27.7 Å². The van der Waals surface area contributed by atoms with Crippen molar-refractivity contribution < 1.29 is 19.4 Å². The minimum absolute atomic E-state index is 0.0234. The second-order valence-electron chi connectivity index (χ2n) is 6.96. The van der Waals surface area contributed by atoms with Gasteiger partial charge in [-0.2, -0.15) is 0 Å². The first-order valence-corrected chi connectivity index (χ1v) is 9.70. The third kappa shape index (κ3) is 3.30. The maximum atomic E-state index is 11.2. The molecule has 5 nitrogen and oxygen atoms in total. The molecule has 19 heavy (non-hydrogen) atoms. The summed E-state index contributed by atoms with van der Waals surface area (Å²) >= 11 is 0. The van der Waals surface area contributed by atoms with Crippen molar-refractivity contribution in [3.05, 3.63) is 0 Å². The number of carbonyl (C=O) groups is 1. The van der Waals surface area contributed by atoms with E-state index in [1.165, 1.54) is 4.90 Å². The second kappa shape index (κ2) is 5.42. The minimum Gasteiger partial charge on any atom is -0.465 e. The Bertz CT molecular complexity index is 340. The fourth-order valence-electron chi connectivity index (χ4n) is 2.21. The zero-order valence-electron chi connectivity index (χ0n) is 12.8. The number of aliphatic hydroxyl groups is 1. The predicted octanol–water partition coefficient (Wildman–Crippen LogP) is 2.37. The van der Waals surface area contributed by atoms with Crippen LogP contribution in [0.3, 0.4) is 0 Å². The molecule has 3 atom stereocenters. The van der Waals surface area contributed by atoms with Crippen molar-refractivity contribution in [2.45, 2.75) is 58.0 Å². The quantitative estimate of drug-likeness (QED) is 0.783. The van der Waals surface area contributed by atoms with Gasteiger partial charge in [-0.25, -0.2) is 4.79 Å². The second-order valence-corrected chi connectivity index (χ2v) is 11.7. The van der Waals surface area contributed by atoms with Crippen molar-refractivity contribution in [2.75, 3.05) is 13.2 Å². The van der Waals surface area contributed by atoms with E-state index in [0.717, 1.165) is 0 Å². The van der Waals surface area contributed by atoms with Crippen LogP contribution in [0.2, 0.25) is 18.1 Å². The number of hydrogen-bond acceptors (Lipinski definition) is 3. The first-order valence-electron chi connectivity index (χ1n) is 6.79. The Morgan fingerprint density at radius 1 is 1.42 bits per heavy atom. The Hall–Kier alpha value is -0.593. The van der Waals surface area contributed by atoms with Crippen LogP contribution in [-0.4, -0.2) is 54.8 Å². The number of likely N-dealkylation sites (tertiary alicyclic amines) is 1. The fourth-order valence-corrected chi connectivity index (χ4v) is 3.61. The molecule has 1 saturated heterocycles. The Balaban J connectivity index is 2.84. The Morgan fingerprint density at radius 3 is 2.26 bits per heavy atom. The highest BCUT2D eigenvalue weighted by molar-refractivity contribution is 6.74. The molecule has 1 aliphatic rings. The predicted molar refractivity (Wildman–Crippen MR) is 76.8 cm³/mol. The average molecular weight is 289 g/mol. The van der Waals surface area contributed by atoms with E-state index in [9.17, 15) is 15.0 Å². The number of nitrogens with zero attached hydrogens (tertiary/aromatic N) is 1. The van der Waals surface area contributed by atoms with E-state index in [4.69, 9.17) is 4.43 Å². The summed E-state index contributed by atoms with van der Waals surface area (Å²) in [5.41, 5.74) is 0. The van der Waals surface area contributed by atoms with Crippen molar-refractivity contribution >= 4 is 14.4 Å². The van der Waals surface area contributed by atoms with E-state index >= 15 is 0 Å². The van der Waals surface area contributed by atoms with Gasteiger partial charge in [0.2, 0.25) is 0 Å². The lowest BCUT2D eigenvalue weighted by atomic mass is 10.0. The fraction of sp³-hybridized carbons (Fsp3) is 0.923. The van der Waals surface area contributed by atoms with Gasteiger partial charge < -0.3 is 19.5 Å². The van der Waals surface area contributed by atoms with Gasteiger partial charge in [-0.05, 0) is 18.1 Å². The third-order valence-corrected chi connectivity index (χ3v) is 9.16. The van der Waals surface area contributed by atoms with Crippen LogP contribution in [-0.2, 0) is 4.43 Å². The highest BCUT2D eigenvalue weighted by Crippen LogP contribution is 2.40. The van der Waals surface area contributed by atoms with E-state index in [1.807, 2.05) is 6.92 Å². The number of carboxylic acid groups (broad SMARTS) is 1. The normalized spacial score (nSPS) is 28.8. The molecule has 112 valence electrons. The molecule has 2 N–H and O–H groups in total. The van der Waals surface area contributed by atoms with Gasteiger partial charge in [-0.1, -0.05) is 27.7 Å². The van der Waals surface area contributed by atoms with Gasteiger partial charge in [0.1, 0.15) is 0 Å². The average Bonchev–Trinajstić information content (AvgIpc) is 2.54. The van der Waals surface area contributed by atoms with E-state index < -0.39 is 14.4 Å². The maximum absolute atomic E-state index is 11.2. The summed E-state index contributed by atoms with van der Waals surface area (Å²) in [5.74, 6) is 0.0234. The summed E-state index contributed by atoms with van der Waals surface area (Å²) in [6, 6.07) is -0.354. The molecule has 1 heterocycles. The SMILES string of the molecule is C[C@@H]1[C@@H](CO)N(C(=O)O)C[C@H]1O[Si](C)(C)C(C)(C)C. The van der Waals surface area contributed by atoms with Crippen LogP contribution in [0.4, 0.5) is 4.79 Å². The summed E-state index contributed by atoms with van der Waals surface area (Å²) in [6.45, 7) is 13.0. The molecular weight excluding hydrogens is 262 g/mol. The molecule has 0 aliphatic carbocycles. The number of rotatable bonds is 3. The van der Waals surface area contributed by atoms with Gasteiger partial charge in [0.15, 0.2) is 8.32 Å². The van der Waals surface area contributed by atoms with Crippen molar-refractivity contribution in [3.8, 4) is 0 Å². The van der Waals surface area contributed by atoms with Crippen LogP contribution >= 0.6 is 0 Å². The number of amides is 1. The molecule has 6 heteroatoms. The summed E-state index contributed by atoms with van der Waals surface area (Å²) in [6.07, 6.45) is -1.10. The Morgan fingerprint density at radius 2 is 1.95 bits per heavy atom. The van der Waals surface area contributed by atoms with Crippen LogP contribution in [0, 0.1) is 5.92 Å². The zero-order chi connectivity index (χ0) is 15.0. The highest BCUT2D eigenvalue weighted by atomic mass is 28.4. The highest BCUT2D eigenvalue weighted by Gasteiger charge is 2.47. The molecule has 1 fully saturated rings. The molecule has 0 spiro atoms. The monoisotopic (exact) mass is 289 g/mol. The van der Waals surface area contributed by atoms with Gasteiger partial charge in [0.05, 0.1) is 18.8 Å². The van der Waals surface area contributed by atoms with E-state index in [1.54, 1.807) is 0 Å². The minimum atomic E-state index is -1.92. The van der Waals surface area contributed by atoms with E-state index in [2.05, 4.69) is 33.9 Å². The van der Waals surface area contributed by atoms with Gasteiger partial charge in [0.25, 0.3) is 0 Å². The van der Waals surface area contributed by atoms with Crippen molar-refractivity contribution in [1.29, 1.82) is 0 Å². The van der Waals surface area contributed by atoms with Crippen LogP contribution < -0.4 is 0 Å². The lowest BCUT2D eigenvalue weighted by Gasteiger charge is -2.39. The molecule has 1 rings (SSSR count). The summed E-state index contributed by atoms with van der Waals surface area (Å²) < 4.78 is 6.31. The van der Waals surface area contributed by atoms with Gasteiger partial charge in [-0.3, -0.25) is 0 Å². The third-order valence-electron chi connectivity index (χ3n) is 4.66. The lowest BCUT2D eigenvalue weighted by molar-refractivity contribution is 0.108. The summed E-state index contributed by atoms with van der Waals surface area (Å²) in [5, 5.41) is 18.7. The molecule has 0 saturated carbocycles. The van der Waals surface area contributed by atoms with Gasteiger partial charge >= 0.3 is 6.09 Å². The first kappa shape index (κ1) is 16.5. The topological polar surface area (TPSA) is 70.0 Å². The standard InChI is InChI=1S/C13H27NO4Si/c1-9-10(8-15)14(12(16)17)7-11(9)18-19(5,6)13(2,3)4/h9-11,15H,7-8H2,1-6H3,(H,16,17)/t9-,10-,11-/m1/s1. The molecule has 0 aromatic carbocycles. The van der Waals surface area contributed by atoms with Crippen molar-refractivity contribution in [2.24, 2.45) is 5.92 Å². The largest absolute Gasteiger partial charge is 0.465 e. The molecule has 0 unspecified atom stereocenters. The first-order chi connectivity index (χ1) is 8.51. The summed E-state index contributed by atoms with van der Waals surface area (Å²) in [4.78, 5) is 12.5. The molecule has 1 aliphatic heterocycles. The van der Waals surface area contributed by atoms with Crippen LogP contribution in [0.25, 0.3) is 0 Å². The van der Waals surface area contributed by atoms with Crippen LogP contribution in [0.5, 0.6) is 0 Å². The van der Waals surface area contributed by atoms with E-state index in [-0.39, 0.29) is 29.7 Å². The van der Waals surface area contributed by atoms with E-state index in [0.29, 0.717) is 6.54 Å². The molecular formula is C13H27NO4Si. The van der Waals surface area contributed by atoms with Crippen molar-refractivity contribution in [3.63, 3.8) is 0 Å². The molecule has 0 aromatic heterocycles. The molecule has 0 aromatic rings. The van der Waals surface area contributed by atoms with Gasteiger partial charge in [-0.15, -0.1) is 0 Å². The summed E-state index contributed by atoms with van der Waals surface area (Å²) in [7, 11) is -1.92.